The first-order valence-electron chi connectivity index (χ1n) is 5.55. The van der Waals surface area contributed by atoms with Crippen LogP contribution in [0.5, 0.6) is 0 Å². The molecule has 1 N–H and O–H groups in total. The molecule has 0 fully saturated rings. The van der Waals surface area contributed by atoms with Crippen LogP contribution in [0.15, 0.2) is 28.7 Å². The van der Waals surface area contributed by atoms with Crippen molar-refractivity contribution in [1.82, 2.24) is 0 Å². The molecule has 17 heavy (non-hydrogen) atoms. The van der Waals surface area contributed by atoms with Gasteiger partial charge >= 0.3 is 0 Å². The van der Waals surface area contributed by atoms with Gasteiger partial charge in [0.05, 0.1) is 11.4 Å². The average molecular weight is 317 g/mol. The molecule has 3 unspecified atom stereocenters. The van der Waals surface area contributed by atoms with E-state index in [0.717, 1.165) is 4.47 Å². The molecule has 0 aliphatic heterocycles. The number of carbonyl (C=O) groups excluding carboxylic acids is 1. The quantitative estimate of drug-likeness (QED) is 0.844. The lowest BCUT2D eigenvalue weighted by Crippen LogP contribution is -2.22. The summed E-state index contributed by atoms with van der Waals surface area (Å²) in [6.07, 6.45) is -0.403. The third-order valence-corrected chi connectivity index (χ3v) is 4.57. The molecule has 0 radical (unpaired) electrons. The number of halogens is 1. The molecule has 0 saturated carbocycles. The molecule has 1 aromatic carbocycles. The lowest BCUT2D eigenvalue weighted by molar-refractivity contribution is 0.0993. The summed E-state index contributed by atoms with van der Waals surface area (Å²) in [5.41, 5.74) is 0.714. The van der Waals surface area contributed by atoms with Gasteiger partial charge in [0.2, 0.25) is 0 Å². The van der Waals surface area contributed by atoms with Crippen LogP contribution in [0.2, 0.25) is 0 Å². The molecule has 0 amide bonds. The first kappa shape index (κ1) is 14.7. The summed E-state index contributed by atoms with van der Waals surface area (Å²) in [6.45, 7) is 5.56. The van der Waals surface area contributed by atoms with Gasteiger partial charge in [-0.25, -0.2) is 0 Å². The highest BCUT2D eigenvalue weighted by atomic mass is 79.9. The zero-order valence-electron chi connectivity index (χ0n) is 10.2. The summed E-state index contributed by atoms with van der Waals surface area (Å²) < 4.78 is 0.965. The normalized spacial score (nSPS) is 16.3. The number of Topliss-reactive ketones (excluding diaryl/α,β-unsaturated/α-hetero) is 1. The van der Waals surface area contributed by atoms with E-state index in [9.17, 15) is 9.90 Å². The monoisotopic (exact) mass is 316 g/mol. The number of aliphatic hydroxyl groups excluding tert-OH is 1. The van der Waals surface area contributed by atoms with Crippen LogP contribution in [0.25, 0.3) is 0 Å². The molecule has 0 saturated heterocycles. The molecule has 0 spiro atoms. The fourth-order valence-electron chi connectivity index (χ4n) is 1.35. The number of hydrogen-bond donors (Lipinski definition) is 1. The van der Waals surface area contributed by atoms with E-state index in [0.29, 0.717) is 5.56 Å². The summed E-state index contributed by atoms with van der Waals surface area (Å²) in [7, 11) is 0. The third kappa shape index (κ3) is 4.45. The van der Waals surface area contributed by atoms with Gasteiger partial charge in [-0.05, 0) is 26.0 Å². The van der Waals surface area contributed by atoms with E-state index in [1.54, 1.807) is 6.92 Å². The molecule has 4 heteroatoms. The second kappa shape index (κ2) is 6.57. The van der Waals surface area contributed by atoms with Crippen LogP contribution in [-0.2, 0) is 0 Å². The summed E-state index contributed by atoms with van der Waals surface area (Å²) in [5, 5.41) is 9.34. The van der Waals surface area contributed by atoms with Crippen molar-refractivity contribution >= 4 is 33.5 Å². The van der Waals surface area contributed by atoms with Crippen molar-refractivity contribution in [2.24, 2.45) is 0 Å². The number of benzene rings is 1. The van der Waals surface area contributed by atoms with Crippen molar-refractivity contribution in [2.45, 2.75) is 37.4 Å². The fourth-order valence-corrected chi connectivity index (χ4v) is 2.74. The van der Waals surface area contributed by atoms with Gasteiger partial charge in [-0.2, -0.15) is 0 Å². The van der Waals surface area contributed by atoms with Gasteiger partial charge in [-0.3, -0.25) is 4.79 Å². The Balaban J connectivity index is 2.66. The number of aliphatic hydroxyl groups is 1. The summed E-state index contributed by atoms with van der Waals surface area (Å²) in [4.78, 5) is 12.1. The number of thioether (sulfide) groups is 1. The maximum absolute atomic E-state index is 12.1. The SMILES string of the molecule is CC(SC(C)C(C)O)C(=O)c1ccc(Br)cc1. The second-order valence-electron chi connectivity index (χ2n) is 4.10. The summed E-state index contributed by atoms with van der Waals surface area (Å²) >= 11 is 4.84. The van der Waals surface area contributed by atoms with Crippen LogP contribution >= 0.6 is 27.7 Å². The van der Waals surface area contributed by atoms with Gasteiger partial charge in [0.25, 0.3) is 0 Å². The largest absolute Gasteiger partial charge is 0.392 e. The van der Waals surface area contributed by atoms with E-state index >= 15 is 0 Å². The highest BCUT2D eigenvalue weighted by Gasteiger charge is 2.20. The maximum Gasteiger partial charge on any atom is 0.175 e. The summed E-state index contributed by atoms with van der Waals surface area (Å²) in [6, 6.07) is 7.36. The van der Waals surface area contributed by atoms with Crippen LogP contribution in [0.4, 0.5) is 0 Å². The zero-order valence-corrected chi connectivity index (χ0v) is 12.6. The van der Waals surface area contributed by atoms with Gasteiger partial charge in [0.15, 0.2) is 5.78 Å². The van der Waals surface area contributed by atoms with Crippen LogP contribution in [0.3, 0.4) is 0 Å². The van der Waals surface area contributed by atoms with Gasteiger partial charge in [-0.15, -0.1) is 11.8 Å². The average Bonchev–Trinajstić information content (AvgIpc) is 2.28. The topological polar surface area (TPSA) is 37.3 Å². The Morgan fingerprint density at radius 1 is 1.24 bits per heavy atom. The Morgan fingerprint density at radius 2 is 1.76 bits per heavy atom. The molecule has 2 nitrogen and oxygen atoms in total. The first-order chi connectivity index (χ1) is 7.91. The Hall–Kier alpha value is -0.320. The Morgan fingerprint density at radius 3 is 2.24 bits per heavy atom. The van der Waals surface area contributed by atoms with Crippen molar-refractivity contribution in [3.05, 3.63) is 34.3 Å². The van der Waals surface area contributed by atoms with E-state index in [-0.39, 0.29) is 16.3 Å². The van der Waals surface area contributed by atoms with E-state index in [4.69, 9.17) is 0 Å². The van der Waals surface area contributed by atoms with E-state index < -0.39 is 6.10 Å². The van der Waals surface area contributed by atoms with Crippen LogP contribution in [0, 0.1) is 0 Å². The molecule has 0 aromatic heterocycles. The Labute approximate surface area is 115 Å². The predicted molar refractivity (Wildman–Crippen MR) is 76.7 cm³/mol. The fraction of sp³-hybridized carbons (Fsp3) is 0.462. The lowest BCUT2D eigenvalue weighted by atomic mass is 10.1. The second-order valence-corrected chi connectivity index (χ2v) is 6.73. The molecular weight excluding hydrogens is 300 g/mol. The predicted octanol–water partition coefficient (Wildman–Crippen LogP) is 3.52. The first-order valence-corrected chi connectivity index (χ1v) is 7.28. The maximum atomic E-state index is 12.1. The smallest absolute Gasteiger partial charge is 0.175 e. The van der Waals surface area contributed by atoms with Crippen LogP contribution in [-0.4, -0.2) is 27.5 Å². The number of hydrogen-bond acceptors (Lipinski definition) is 3. The minimum absolute atomic E-state index is 0.0596. The number of carbonyl (C=O) groups is 1. The van der Waals surface area contributed by atoms with Crippen molar-refractivity contribution in [2.75, 3.05) is 0 Å². The Kier molecular flexibility index (Phi) is 5.70. The van der Waals surface area contributed by atoms with E-state index in [2.05, 4.69) is 15.9 Å². The minimum Gasteiger partial charge on any atom is -0.392 e. The van der Waals surface area contributed by atoms with Gasteiger partial charge in [0.1, 0.15) is 0 Å². The Bertz CT molecular complexity index is 376. The molecule has 3 atom stereocenters. The van der Waals surface area contributed by atoms with Crippen molar-refractivity contribution in [3.63, 3.8) is 0 Å². The highest BCUT2D eigenvalue weighted by molar-refractivity contribution is 9.10. The molecule has 0 heterocycles. The van der Waals surface area contributed by atoms with Crippen LogP contribution < -0.4 is 0 Å². The minimum atomic E-state index is -0.403. The highest BCUT2D eigenvalue weighted by Crippen LogP contribution is 2.23. The molecular formula is C13H17BrO2S. The standard InChI is InChI=1S/C13H17BrO2S/c1-8(15)9(2)17-10(3)13(16)11-4-6-12(14)7-5-11/h4-10,15H,1-3H3. The van der Waals surface area contributed by atoms with Crippen molar-refractivity contribution < 1.29 is 9.90 Å². The molecule has 1 aromatic rings. The third-order valence-electron chi connectivity index (χ3n) is 2.60. The number of ketones is 1. The molecule has 1 rings (SSSR count). The van der Waals surface area contributed by atoms with Gasteiger partial charge < -0.3 is 5.11 Å². The van der Waals surface area contributed by atoms with Crippen molar-refractivity contribution in [1.29, 1.82) is 0 Å². The molecule has 0 aliphatic rings. The summed E-state index contributed by atoms with van der Waals surface area (Å²) in [5.74, 6) is 0.106. The van der Waals surface area contributed by atoms with Gasteiger partial charge in [-0.1, -0.05) is 35.0 Å². The lowest BCUT2D eigenvalue weighted by Gasteiger charge is -2.18. The molecule has 94 valence electrons. The number of rotatable bonds is 5. The molecule has 0 bridgehead atoms. The molecule has 0 aliphatic carbocycles. The van der Waals surface area contributed by atoms with E-state index in [1.165, 1.54) is 11.8 Å². The van der Waals surface area contributed by atoms with Crippen molar-refractivity contribution in [3.8, 4) is 0 Å². The van der Waals surface area contributed by atoms with Crippen LogP contribution in [0.1, 0.15) is 31.1 Å². The van der Waals surface area contributed by atoms with Gasteiger partial charge in [0, 0.05) is 15.3 Å². The van der Waals surface area contributed by atoms with E-state index in [1.807, 2.05) is 38.1 Å². The zero-order chi connectivity index (χ0) is 13.0.